The molecule has 1 unspecified atom stereocenters. The van der Waals surface area contributed by atoms with E-state index in [1.807, 2.05) is 4.90 Å². The molecule has 176 valence electrons. The molecule has 1 atom stereocenters. The average Bonchev–Trinajstić information content (AvgIpc) is 3.65. The van der Waals surface area contributed by atoms with Crippen LogP contribution < -0.4 is 5.73 Å². The van der Waals surface area contributed by atoms with E-state index in [0.717, 1.165) is 51.6 Å². The molecule has 2 amide bonds. The molecule has 0 spiro atoms. The van der Waals surface area contributed by atoms with E-state index in [-0.39, 0.29) is 34.9 Å². The van der Waals surface area contributed by atoms with Crippen LogP contribution in [0.2, 0.25) is 0 Å². The second kappa shape index (κ2) is 8.02. The molecule has 1 aromatic carbocycles. The average molecular weight is 454 g/mol. The van der Waals surface area contributed by atoms with Crippen molar-refractivity contribution in [2.75, 3.05) is 19.6 Å². The van der Waals surface area contributed by atoms with Gasteiger partial charge in [-0.3, -0.25) is 9.59 Å². The van der Waals surface area contributed by atoms with Gasteiger partial charge in [0.2, 0.25) is 5.91 Å². The lowest BCUT2D eigenvalue weighted by Gasteiger charge is -2.39. The molecule has 32 heavy (non-hydrogen) atoms. The Balaban J connectivity index is 1.41. The summed E-state index contributed by atoms with van der Waals surface area (Å²) in [7, 11) is 0. The van der Waals surface area contributed by atoms with Crippen LogP contribution in [0.1, 0.15) is 61.4 Å². The molecule has 3 aliphatic rings. The van der Waals surface area contributed by atoms with E-state index in [9.17, 15) is 27.9 Å². The van der Waals surface area contributed by atoms with Crippen molar-refractivity contribution >= 4 is 11.8 Å². The maximum Gasteiger partial charge on any atom is 0.421 e. The van der Waals surface area contributed by atoms with Crippen molar-refractivity contribution in [3.8, 4) is 0 Å². The first kappa shape index (κ1) is 23.0. The number of amides is 2. The normalized spacial score (nSPS) is 23.4. The first-order valence-corrected chi connectivity index (χ1v) is 11.2. The zero-order valence-corrected chi connectivity index (χ0v) is 18.2. The van der Waals surface area contributed by atoms with Crippen LogP contribution in [-0.4, -0.2) is 64.6 Å². The van der Waals surface area contributed by atoms with Gasteiger partial charge in [-0.05, 0) is 63.1 Å². The predicted molar refractivity (Wildman–Crippen MR) is 112 cm³/mol. The summed E-state index contributed by atoms with van der Waals surface area (Å²) in [6.45, 7) is 2.94. The van der Waals surface area contributed by atoms with Crippen LogP contribution in [0, 0.1) is 5.41 Å². The number of hydrogen-bond donors (Lipinski definition) is 2. The third kappa shape index (κ3) is 4.37. The molecule has 9 heteroatoms. The predicted octanol–water partition coefficient (Wildman–Crippen LogP) is 2.79. The smallest absolute Gasteiger partial charge is 0.376 e. The molecule has 1 aromatic rings. The molecule has 2 saturated carbocycles. The lowest BCUT2D eigenvalue weighted by atomic mass is 9.94. The summed E-state index contributed by atoms with van der Waals surface area (Å²) in [5.41, 5.74) is 2.23. The monoisotopic (exact) mass is 453 g/mol. The Labute approximate surface area is 185 Å². The molecule has 1 heterocycles. The summed E-state index contributed by atoms with van der Waals surface area (Å²) in [6, 6.07) is 5.31. The molecular formula is C23H30F3N3O3. The summed E-state index contributed by atoms with van der Waals surface area (Å²) >= 11 is 0. The molecular weight excluding hydrogens is 423 g/mol. The molecule has 0 radical (unpaired) electrons. The number of rotatable bonds is 7. The number of halogens is 3. The third-order valence-electron chi connectivity index (χ3n) is 7.27. The number of primary amides is 1. The Morgan fingerprint density at radius 1 is 1.09 bits per heavy atom. The zero-order chi connectivity index (χ0) is 23.3. The van der Waals surface area contributed by atoms with Gasteiger partial charge in [0.25, 0.3) is 5.91 Å². The van der Waals surface area contributed by atoms with Crippen LogP contribution >= 0.6 is 0 Å². The van der Waals surface area contributed by atoms with Crippen molar-refractivity contribution in [2.24, 2.45) is 11.1 Å². The molecule has 4 rings (SSSR count). The molecule has 3 fully saturated rings. The van der Waals surface area contributed by atoms with E-state index in [2.05, 4.69) is 4.90 Å². The van der Waals surface area contributed by atoms with Gasteiger partial charge in [0.05, 0.1) is 5.41 Å². The maximum atomic E-state index is 13.3. The number of carbonyl (C=O) groups is 2. The fourth-order valence-corrected chi connectivity index (χ4v) is 4.65. The minimum Gasteiger partial charge on any atom is -0.376 e. The van der Waals surface area contributed by atoms with Crippen molar-refractivity contribution in [3.05, 3.63) is 35.4 Å². The highest BCUT2D eigenvalue weighted by Crippen LogP contribution is 2.46. The van der Waals surface area contributed by atoms with Crippen LogP contribution in [-0.2, 0) is 10.4 Å². The summed E-state index contributed by atoms with van der Waals surface area (Å²) in [6.07, 6.45) is 0.309. The van der Waals surface area contributed by atoms with Gasteiger partial charge in [-0.25, -0.2) is 0 Å². The molecule has 3 N–H and O–H groups in total. The standard InChI is InChI=1S/C23H30F3N3O3/c1-21(32,23(24,25)26)16-4-2-15(3-5-16)19(30)29(17-6-7-17)18-8-12-28(13-9-18)14-22(10-11-22)20(27)31/h2-5,17-18,32H,6-14H2,1H3,(H2,27,31). The van der Waals surface area contributed by atoms with Crippen LogP contribution in [0.4, 0.5) is 13.2 Å². The van der Waals surface area contributed by atoms with Crippen molar-refractivity contribution in [3.63, 3.8) is 0 Å². The molecule has 1 saturated heterocycles. The fraction of sp³-hybridized carbons (Fsp3) is 0.652. The van der Waals surface area contributed by atoms with E-state index < -0.39 is 11.8 Å². The highest BCUT2D eigenvalue weighted by atomic mass is 19.4. The summed E-state index contributed by atoms with van der Waals surface area (Å²) in [5.74, 6) is -0.415. The van der Waals surface area contributed by atoms with Crippen molar-refractivity contribution in [1.82, 2.24) is 9.80 Å². The second-order valence-corrected chi connectivity index (χ2v) is 9.74. The van der Waals surface area contributed by atoms with E-state index in [1.54, 1.807) is 0 Å². The van der Waals surface area contributed by atoms with Crippen molar-refractivity contribution in [1.29, 1.82) is 0 Å². The third-order valence-corrected chi connectivity index (χ3v) is 7.27. The van der Waals surface area contributed by atoms with Gasteiger partial charge in [0, 0.05) is 37.3 Å². The minimum absolute atomic E-state index is 0.0629. The number of hydrogen-bond acceptors (Lipinski definition) is 4. The molecule has 6 nitrogen and oxygen atoms in total. The summed E-state index contributed by atoms with van der Waals surface area (Å²) in [4.78, 5) is 29.1. The van der Waals surface area contributed by atoms with Gasteiger partial charge in [-0.15, -0.1) is 0 Å². The number of piperidine rings is 1. The highest BCUT2D eigenvalue weighted by molar-refractivity contribution is 5.95. The molecule has 2 aliphatic carbocycles. The highest BCUT2D eigenvalue weighted by Gasteiger charge is 2.51. The number of nitrogens with two attached hydrogens (primary N) is 1. The topological polar surface area (TPSA) is 86.9 Å². The number of carbonyl (C=O) groups excluding carboxylic acids is 2. The summed E-state index contributed by atoms with van der Waals surface area (Å²) in [5, 5.41) is 9.85. The van der Waals surface area contributed by atoms with Crippen LogP contribution in [0.25, 0.3) is 0 Å². The lowest BCUT2D eigenvalue weighted by Crippen LogP contribution is -2.50. The van der Waals surface area contributed by atoms with E-state index in [1.165, 1.54) is 24.3 Å². The van der Waals surface area contributed by atoms with Crippen molar-refractivity contribution in [2.45, 2.75) is 69.3 Å². The van der Waals surface area contributed by atoms with Gasteiger partial charge < -0.3 is 20.6 Å². The maximum absolute atomic E-state index is 13.3. The van der Waals surface area contributed by atoms with Gasteiger partial charge in [-0.2, -0.15) is 13.2 Å². The Morgan fingerprint density at radius 2 is 1.62 bits per heavy atom. The van der Waals surface area contributed by atoms with E-state index in [4.69, 9.17) is 5.73 Å². The number of nitrogens with zero attached hydrogens (tertiary/aromatic N) is 2. The molecule has 0 aromatic heterocycles. The SMILES string of the molecule is CC(O)(c1ccc(C(=O)N(C2CC2)C2CCN(CC3(C(N)=O)CC3)CC2)cc1)C(F)(F)F. The van der Waals surface area contributed by atoms with Crippen LogP contribution in [0.3, 0.4) is 0 Å². The number of alkyl halides is 3. The Hall–Kier alpha value is -2.13. The van der Waals surface area contributed by atoms with Gasteiger partial charge in [0.15, 0.2) is 5.60 Å². The fourth-order valence-electron chi connectivity index (χ4n) is 4.65. The molecule has 1 aliphatic heterocycles. The zero-order valence-electron chi connectivity index (χ0n) is 18.2. The second-order valence-electron chi connectivity index (χ2n) is 9.74. The van der Waals surface area contributed by atoms with Crippen LogP contribution in [0.15, 0.2) is 24.3 Å². The van der Waals surface area contributed by atoms with Gasteiger partial charge in [0.1, 0.15) is 0 Å². The Kier molecular flexibility index (Phi) is 5.78. The number of benzene rings is 1. The van der Waals surface area contributed by atoms with Crippen molar-refractivity contribution < 1.29 is 27.9 Å². The van der Waals surface area contributed by atoms with Crippen LogP contribution in [0.5, 0.6) is 0 Å². The number of aliphatic hydroxyl groups is 1. The summed E-state index contributed by atoms with van der Waals surface area (Å²) < 4.78 is 39.3. The van der Waals surface area contributed by atoms with Gasteiger partial charge >= 0.3 is 6.18 Å². The minimum atomic E-state index is -4.81. The van der Waals surface area contributed by atoms with E-state index >= 15 is 0 Å². The van der Waals surface area contributed by atoms with Gasteiger partial charge in [-0.1, -0.05) is 12.1 Å². The van der Waals surface area contributed by atoms with E-state index in [0.29, 0.717) is 19.0 Å². The Bertz CT molecular complexity index is 869. The first-order chi connectivity index (χ1) is 14.9. The number of likely N-dealkylation sites (tertiary alicyclic amines) is 1. The molecule has 0 bridgehead atoms. The largest absolute Gasteiger partial charge is 0.421 e. The quantitative estimate of drug-likeness (QED) is 0.665. The first-order valence-electron chi connectivity index (χ1n) is 11.2. The Morgan fingerprint density at radius 3 is 2.06 bits per heavy atom. The lowest BCUT2D eigenvalue weighted by molar-refractivity contribution is -0.258.